The number of amides is 2. The molecule has 0 unspecified atom stereocenters. The van der Waals surface area contributed by atoms with Crippen LogP contribution in [0.4, 0.5) is 25.5 Å². The van der Waals surface area contributed by atoms with Crippen molar-refractivity contribution in [1.82, 2.24) is 60.1 Å². The van der Waals surface area contributed by atoms with Gasteiger partial charge < -0.3 is 16.0 Å². The molecule has 6 heterocycles. The number of fused-ring (bicyclic) bond motifs is 2. The summed E-state index contributed by atoms with van der Waals surface area (Å²) in [6, 6.07) is 35.0. The Morgan fingerprint density at radius 2 is 1.09 bits per heavy atom. The lowest BCUT2D eigenvalue weighted by Crippen LogP contribution is -2.31. The molecule has 0 aliphatic carbocycles. The number of hydrogen-bond acceptors (Lipinski definition) is 13. The van der Waals surface area contributed by atoms with Gasteiger partial charge in [0.05, 0.1) is 40.4 Å². The summed E-state index contributed by atoms with van der Waals surface area (Å²) >= 11 is 0. The molecule has 6 aromatic heterocycles. The number of nitrogens with one attached hydrogen (secondary N) is 2. The molecule has 15 nitrogen and oxygen atoms in total. The Labute approximate surface area is 402 Å². The van der Waals surface area contributed by atoms with E-state index in [1.165, 1.54) is 35.5 Å². The van der Waals surface area contributed by atoms with E-state index in [2.05, 4.69) is 60.5 Å². The fraction of sp³-hybridized carbons (Fsp3) is 0.113. The van der Waals surface area contributed by atoms with Crippen LogP contribution >= 0.6 is 0 Å². The molecular weight excluding hydrogens is 887 g/mol. The number of aryl methyl sites for hydroxylation is 2. The van der Waals surface area contributed by atoms with Gasteiger partial charge in [-0.25, -0.2) is 53.4 Å². The van der Waals surface area contributed by atoms with E-state index >= 15 is 0 Å². The van der Waals surface area contributed by atoms with Crippen molar-refractivity contribution in [2.24, 2.45) is 0 Å². The summed E-state index contributed by atoms with van der Waals surface area (Å²) in [7, 11) is 3.58. The summed E-state index contributed by atoms with van der Waals surface area (Å²) in [6.45, 7) is 5.04. The number of halogens is 2. The molecule has 0 bridgehead atoms. The van der Waals surface area contributed by atoms with Gasteiger partial charge in [-0.1, -0.05) is 24.3 Å². The van der Waals surface area contributed by atoms with Crippen molar-refractivity contribution in [1.29, 1.82) is 0 Å². The second-order valence-corrected chi connectivity index (χ2v) is 15.8. The predicted molar refractivity (Wildman–Crippen MR) is 268 cm³/mol. The van der Waals surface area contributed by atoms with E-state index in [0.717, 1.165) is 78.9 Å². The van der Waals surface area contributed by atoms with Crippen LogP contribution < -0.4 is 16.4 Å². The van der Waals surface area contributed by atoms with E-state index in [1.54, 1.807) is 62.4 Å². The van der Waals surface area contributed by atoms with Crippen LogP contribution in [-0.2, 0) is 13.1 Å². The highest BCUT2D eigenvalue weighted by Crippen LogP contribution is 2.34. The van der Waals surface area contributed by atoms with E-state index in [0.29, 0.717) is 23.5 Å². The molecule has 4 N–H and O–H groups in total. The Morgan fingerprint density at radius 1 is 0.586 bits per heavy atom. The average molecular weight is 933 g/mol. The number of nitrogens with two attached hydrogens (primary N) is 1. The second kappa shape index (κ2) is 22.1. The summed E-state index contributed by atoms with van der Waals surface area (Å²) in [4.78, 5) is 57.3. The van der Waals surface area contributed by atoms with E-state index in [4.69, 9.17) is 5.73 Å². The average Bonchev–Trinajstić information content (AvgIpc) is 3.38. The Bertz CT molecular complexity index is 3390. The van der Waals surface area contributed by atoms with Gasteiger partial charge in [0.2, 0.25) is 11.9 Å². The van der Waals surface area contributed by atoms with Gasteiger partial charge in [-0.15, -0.1) is 0 Å². The minimum absolute atomic E-state index is 0.135. The molecule has 0 aliphatic rings. The van der Waals surface area contributed by atoms with Crippen molar-refractivity contribution >= 4 is 39.7 Å². The molecule has 0 fully saturated rings. The SMILES string of the molecule is CNCc1ccccn1.Cc1ncnc2ccc(-c3cnc(N)nc3-c3ccc(F)cc3)cc12.Cc1ncnc2ccc(-c3cnc(NC(=O)N(C)Cc4ccccn4)nc3-c3ccc(F)cc3)cc12. The van der Waals surface area contributed by atoms with Gasteiger partial charge in [-0.05, 0) is 129 Å². The number of anilines is 2. The van der Waals surface area contributed by atoms with Crippen LogP contribution in [0.5, 0.6) is 0 Å². The molecule has 4 aromatic carbocycles. The summed E-state index contributed by atoms with van der Waals surface area (Å²) in [6.07, 6.45) is 9.90. The topological polar surface area (TPSA) is 199 Å². The third-order valence-corrected chi connectivity index (χ3v) is 10.9. The van der Waals surface area contributed by atoms with Crippen molar-refractivity contribution in [2.45, 2.75) is 26.9 Å². The van der Waals surface area contributed by atoms with Crippen LogP contribution in [0.2, 0.25) is 0 Å². The molecule has 10 aromatic rings. The number of hydrogen-bond donors (Lipinski definition) is 3. The number of pyridine rings is 2. The number of rotatable bonds is 9. The first-order valence-electron chi connectivity index (χ1n) is 21.9. The lowest BCUT2D eigenvalue weighted by atomic mass is 9.99. The predicted octanol–water partition coefficient (Wildman–Crippen LogP) is 9.84. The van der Waals surface area contributed by atoms with Crippen LogP contribution in [0.25, 0.3) is 66.6 Å². The van der Waals surface area contributed by atoms with E-state index in [1.807, 2.05) is 93.7 Å². The maximum atomic E-state index is 13.6. The van der Waals surface area contributed by atoms with Crippen LogP contribution in [0.3, 0.4) is 0 Å². The summed E-state index contributed by atoms with van der Waals surface area (Å²) in [5.74, 6) is -0.344. The lowest BCUT2D eigenvalue weighted by Gasteiger charge is -2.17. The van der Waals surface area contributed by atoms with E-state index in [9.17, 15) is 13.6 Å². The molecule has 70 heavy (non-hydrogen) atoms. The molecule has 2 amide bonds. The van der Waals surface area contributed by atoms with Gasteiger partial charge >= 0.3 is 6.03 Å². The zero-order valence-electron chi connectivity index (χ0n) is 38.6. The Kier molecular flexibility index (Phi) is 15.0. The molecule has 0 radical (unpaired) electrons. The fourth-order valence-corrected chi connectivity index (χ4v) is 7.30. The van der Waals surface area contributed by atoms with Gasteiger partial charge in [0, 0.05) is 82.8 Å². The first kappa shape index (κ1) is 47.4. The van der Waals surface area contributed by atoms with Crippen molar-refractivity contribution in [3.8, 4) is 44.8 Å². The molecule has 0 saturated heterocycles. The van der Waals surface area contributed by atoms with Crippen LogP contribution in [0.1, 0.15) is 22.8 Å². The zero-order chi connectivity index (χ0) is 49.0. The second-order valence-electron chi connectivity index (χ2n) is 15.8. The van der Waals surface area contributed by atoms with Crippen molar-refractivity contribution in [3.05, 3.63) is 193 Å². The third-order valence-electron chi connectivity index (χ3n) is 10.9. The monoisotopic (exact) mass is 932 g/mol. The number of nitrogens with zero attached hydrogens (tertiary/aromatic N) is 11. The molecule has 10 rings (SSSR count). The summed E-state index contributed by atoms with van der Waals surface area (Å²) in [5.41, 5.74) is 17.0. The standard InChI is InChI=1S/C27H22FN7O.C19H14FN5.C7H10N2/c1-17-22-13-19(8-11-24(22)32-16-31-17)23-14-30-26(33-25(23)18-6-9-20(28)10-7-18)34-27(36)35(2)15-21-5-3-4-12-29-21;1-11-15-8-13(4-7-17(15)24-10-23-11)16-9-22-19(21)25-18(16)12-2-5-14(20)6-3-12;1-8-6-7-4-2-3-5-9-7/h3-14,16H,15H2,1-2H3,(H,30,33,34,36);2-10H,1H3,(H2,21,22,25);2-5,8H,6H2,1H3. The number of urea groups is 1. The smallest absolute Gasteiger partial charge is 0.324 e. The van der Waals surface area contributed by atoms with Gasteiger partial charge in [0.25, 0.3) is 0 Å². The number of nitrogen functional groups attached to an aromatic ring is 1. The van der Waals surface area contributed by atoms with Crippen molar-refractivity contribution < 1.29 is 13.6 Å². The van der Waals surface area contributed by atoms with E-state index < -0.39 is 0 Å². The van der Waals surface area contributed by atoms with Crippen LogP contribution in [0.15, 0.2) is 159 Å². The largest absolute Gasteiger partial charge is 0.368 e. The number of carbonyl (C=O) groups excluding carboxylic acids is 1. The fourth-order valence-electron chi connectivity index (χ4n) is 7.30. The molecule has 0 spiro atoms. The molecule has 0 aliphatic heterocycles. The quantitative estimate of drug-likeness (QED) is 0.124. The summed E-state index contributed by atoms with van der Waals surface area (Å²) < 4.78 is 26.9. The third kappa shape index (κ3) is 11.7. The maximum Gasteiger partial charge on any atom is 0.324 e. The van der Waals surface area contributed by atoms with E-state index in [-0.39, 0.29) is 29.6 Å². The van der Waals surface area contributed by atoms with Crippen molar-refractivity contribution in [3.63, 3.8) is 0 Å². The molecule has 0 saturated carbocycles. The first-order chi connectivity index (χ1) is 34.0. The Hall–Kier alpha value is -9.09. The van der Waals surface area contributed by atoms with Gasteiger partial charge in [-0.2, -0.15) is 0 Å². The van der Waals surface area contributed by atoms with Gasteiger partial charge in [0.15, 0.2) is 0 Å². The highest BCUT2D eigenvalue weighted by atomic mass is 19.1. The number of aromatic nitrogens is 10. The summed E-state index contributed by atoms with van der Waals surface area (Å²) in [5, 5.41) is 7.64. The normalized spacial score (nSPS) is 10.7. The molecule has 17 heteroatoms. The number of carbonyl (C=O) groups is 1. The van der Waals surface area contributed by atoms with Crippen LogP contribution in [0, 0.1) is 25.5 Å². The maximum absolute atomic E-state index is 13.6. The highest BCUT2D eigenvalue weighted by molar-refractivity contribution is 5.92. The van der Waals surface area contributed by atoms with Gasteiger partial charge in [0.1, 0.15) is 24.3 Å². The number of benzene rings is 4. The lowest BCUT2D eigenvalue weighted by molar-refractivity contribution is 0.220. The Morgan fingerprint density at radius 3 is 1.60 bits per heavy atom. The van der Waals surface area contributed by atoms with Crippen LogP contribution in [-0.4, -0.2) is 74.9 Å². The minimum Gasteiger partial charge on any atom is -0.368 e. The molecule has 0 atom stereocenters. The highest BCUT2D eigenvalue weighted by Gasteiger charge is 2.17. The molecule has 348 valence electrons. The van der Waals surface area contributed by atoms with Crippen molar-refractivity contribution in [2.75, 3.05) is 25.1 Å². The van der Waals surface area contributed by atoms with Gasteiger partial charge in [-0.3, -0.25) is 15.3 Å². The zero-order valence-corrected chi connectivity index (χ0v) is 38.6. The molecular formula is C53H46F2N14O. The minimum atomic E-state index is -0.378. The first-order valence-corrected chi connectivity index (χ1v) is 21.9. The Balaban J connectivity index is 0.000000167.